The molecule has 1 saturated heterocycles. The van der Waals surface area contributed by atoms with Crippen LogP contribution in [0.1, 0.15) is 24.2 Å². The number of esters is 1. The van der Waals surface area contributed by atoms with Gasteiger partial charge in [0.25, 0.3) is 0 Å². The fraction of sp³-hybridized carbons (Fsp3) is 0.364. The number of carbonyl (C=O) groups excluding carboxylic acids is 1. The van der Waals surface area contributed by atoms with E-state index in [1.165, 1.54) is 0 Å². The maximum absolute atomic E-state index is 12.6. The van der Waals surface area contributed by atoms with Crippen molar-refractivity contribution in [3.05, 3.63) is 48.2 Å². The van der Waals surface area contributed by atoms with Crippen molar-refractivity contribution in [2.75, 3.05) is 44.2 Å². The largest absolute Gasteiger partial charge is 0.462 e. The van der Waals surface area contributed by atoms with Gasteiger partial charge in [0.1, 0.15) is 5.56 Å². The summed E-state index contributed by atoms with van der Waals surface area (Å²) >= 11 is 0. The Balaban J connectivity index is 1.89. The van der Waals surface area contributed by atoms with Crippen LogP contribution in [0.4, 0.5) is 5.69 Å². The fourth-order valence-corrected chi connectivity index (χ4v) is 3.91. The van der Waals surface area contributed by atoms with Crippen LogP contribution < -0.4 is 4.90 Å². The molecule has 1 aromatic heterocycles. The van der Waals surface area contributed by atoms with E-state index in [1.807, 2.05) is 19.1 Å². The summed E-state index contributed by atoms with van der Waals surface area (Å²) in [5, 5.41) is 3.28. The monoisotopic (exact) mass is 363 g/mol. The molecule has 3 aromatic rings. The normalized spacial score (nSPS) is 15.4. The van der Waals surface area contributed by atoms with E-state index < -0.39 is 0 Å². The molecule has 2 heterocycles. The van der Waals surface area contributed by atoms with Crippen molar-refractivity contribution in [2.45, 2.75) is 13.8 Å². The van der Waals surface area contributed by atoms with E-state index in [0.29, 0.717) is 12.2 Å². The highest BCUT2D eigenvalue weighted by Gasteiger charge is 2.25. The van der Waals surface area contributed by atoms with E-state index in [2.05, 4.69) is 46.0 Å². The van der Waals surface area contributed by atoms with Crippen molar-refractivity contribution in [2.24, 2.45) is 0 Å². The van der Waals surface area contributed by atoms with Gasteiger partial charge >= 0.3 is 5.97 Å². The van der Waals surface area contributed by atoms with Crippen LogP contribution in [0, 0.1) is 0 Å². The van der Waals surface area contributed by atoms with Gasteiger partial charge in [-0.15, -0.1) is 0 Å². The van der Waals surface area contributed by atoms with Crippen molar-refractivity contribution in [3.63, 3.8) is 0 Å². The molecule has 0 amide bonds. The van der Waals surface area contributed by atoms with Crippen LogP contribution in [0.5, 0.6) is 0 Å². The van der Waals surface area contributed by atoms with Crippen LogP contribution in [0.25, 0.3) is 21.7 Å². The molecule has 1 fully saturated rings. The van der Waals surface area contributed by atoms with E-state index in [0.717, 1.165) is 60.1 Å². The van der Waals surface area contributed by atoms with E-state index in [-0.39, 0.29) is 5.97 Å². The average Bonchev–Trinajstić information content (AvgIpc) is 2.73. The summed E-state index contributed by atoms with van der Waals surface area (Å²) in [4.78, 5) is 22.0. The van der Waals surface area contributed by atoms with Gasteiger partial charge in [-0.2, -0.15) is 0 Å². The van der Waals surface area contributed by atoms with Crippen LogP contribution >= 0.6 is 0 Å². The lowest BCUT2D eigenvalue weighted by Gasteiger charge is -2.36. The van der Waals surface area contributed by atoms with Gasteiger partial charge in [0, 0.05) is 43.1 Å². The van der Waals surface area contributed by atoms with Gasteiger partial charge in [-0.05, 0) is 18.9 Å². The predicted octanol–water partition coefficient (Wildman–Crippen LogP) is 3.71. The smallest absolute Gasteiger partial charge is 0.341 e. The van der Waals surface area contributed by atoms with Crippen LogP contribution in [-0.4, -0.2) is 55.2 Å². The number of rotatable bonds is 4. The number of nitrogens with zero attached hydrogens (tertiary/aromatic N) is 3. The third kappa shape index (κ3) is 3.23. The molecule has 4 rings (SSSR count). The Bertz CT molecular complexity index is 978. The number of benzene rings is 2. The molecule has 0 unspecified atom stereocenters. The number of anilines is 1. The molecule has 1 aliphatic rings. The predicted molar refractivity (Wildman–Crippen MR) is 110 cm³/mol. The summed E-state index contributed by atoms with van der Waals surface area (Å²) in [5.41, 5.74) is 2.46. The molecular weight excluding hydrogens is 338 g/mol. The zero-order valence-corrected chi connectivity index (χ0v) is 15.9. The Morgan fingerprint density at radius 1 is 1.04 bits per heavy atom. The van der Waals surface area contributed by atoms with Crippen molar-refractivity contribution < 1.29 is 9.53 Å². The average molecular weight is 363 g/mol. The maximum Gasteiger partial charge on any atom is 0.341 e. The molecule has 5 heteroatoms. The molecule has 0 spiro atoms. The summed E-state index contributed by atoms with van der Waals surface area (Å²) in [6, 6.07) is 12.5. The van der Waals surface area contributed by atoms with Gasteiger partial charge in [-0.3, -0.25) is 4.98 Å². The molecule has 0 saturated carbocycles. The van der Waals surface area contributed by atoms with E-state index in [9.17, 15) is 4.79 Å². The minimum atomic E-state index is -0.298. The number of hydrogen-bond acceptors (Lipinski definition) is 5. The minimum Gasteiger partial charge on any atom is -0.462 e. The molecule has 1 aliphatic heterocycles. The Kier molecular flexibility index (Phi) is 4.94. The van der Waals surface area contributed by atoms with Crippen LogP contribution in [-0.2, 0) is 4.74 Å². The Labute approximate surface area is 159 Å². The summed E-state index contributed by atoms with van der Waals surface area (Å²) in [7, 11) is 0. The van der Waals surface area contributed by atoms with Gasteiger partial charge in [0.05, 0.1) is 17.8 Å². The second kappa shape index (κ2) is 7.53. The first-order valence-corrected chi connectivity index (χ1v) is 9.67. The Morgan fingerprint density at radius 3 is 2.56 bits per heavy atom. The van der Waals surface area contributed by atoms with Crippen molar-refractivity contribution in [1.29, 1.82) is 0 Å². The number of pyridine rings is 1. The molecule has 27 heavy (non-hydrogen) atoms. The number of ether oxygens (including phenoxy) is 1. The first kappa shape index (κ1) is 17.7. The van der Waals surface area contributed by atoms with E-state index in [4.69, 9.17) is 4.74 Å². The zero-order chi connectivity index (χ0) is 18.8. The Morgan fingerprint density at radius 2 is 1.81 bits per heavy atom. The van der Waals surface area contributed by atoms with Crippen LogP contribution in [0.15, 0.2) is 42.6 Å². The van der Waals surface area contributed by atoms with Gasteiger partial charge in [-0.1, -0.05) is 43.3 Å². The molecule has 2 aromatic carbocycles. The summed E-state index contributed by atoms with van der Waals surface area (Å²) < 4.78 is 5.32. The molecule has 0 aliphatic carbocycles. The lowest BCUT2D eigenvalue weighted by molar-refractivity contribution is 0.0526. The van der Waals surface area contributed by atoms with Gasteiger partial charge in [0.15, 0.2) is 0 Å². The quantitative estimate of drug-likeness (QED) is 0.522. The summed E-state index contributed by atoms with van der Waals surface area (Å²) in [5.74, 6) is -0.298. The lowest BCUT2D eigenvalue weighted by Crippen LogP contribution is -2.46. The summed E-state index contributed by atoms with van der Waals surface area (Å²) in [6.45, 7) is 9.22. The highest BCUT2D eigenvalue weighted by atomic mass is 16.5. The standard InChI is InChI=1S/C22H25N3O2/c1-3-24-11-13-25(14-12-24)21-18-10-9-16-7-5-6-8-17(16)20(18)23-15-19(21)22(26)27-4-2/h5-10,15H,3-4,11-14H2,1-2H3. The second-order valence-corrected chi connectivity index (χ2v) is 6.85. The van der Waals surface area contributed by atoms with Crippen LogP contribution in [0.2, 0.25) is 0 Å². The lowest BCUT2D eigenvalue weighted by atomic mass is 10.0. The number of likely N-dealkylation sites (N-methyl/N-ethyl adjacent to an activating group) is 1. The third-order valence-electron chi connectivity index (χ3n) is 5.36. The van der Waals surface area contributed by atoms with Crippen LogP contribution in [0.3, 0.4) is 0 Å². The number of piperazine rings is 1. The molecule has 0 atom stereocenters. The molecule has 5 nitrogen and oxygen atoms in total. The van der Waals surface area contributed by atoms with Crippen molar-refractivity contribution in [1.82, 2.24) is 9.88 Å². The highest BCUT2D eigenvalue weighted by molar-refractivity contribution is 6.13. The molecule has 0 bridgehead atoms. The topological polar surface area (TPSA) is 45.7 Å². The second-order valence-electron chi connectivity index (χ2n) is 6.85. The molecular formula is C22H25N3O2. The maximum atomic E-state index is 12.6. The molecule has 140 valence electrons. The highest BCUT2D eigenvalue weighted by Crippen LogP contribution is 2.34. The van der Waals surface area contributed by atoms with Gasteiger partial charge in [-0.25, -0.2) is 4.79 Å². The third-order valence-corrected chi connectivity index (χ3v) is 5.36. The number of hydrogen-bond donors (Lipinski definition) is 0. The summed E-state index contributed by atoms with van der Waals surface area (Å²) in [6.07, 6.45) is 1.69. The molecule has 0 radical (unpaired) electrons. The first-order chi connectivity index (χ1) is 13.2. The number of aromatic nitrogens is 1. The zero-order valence-electron chi connectivity index (χ0n) is 15.9. The number of carbonyl (C=O) groups is 1. The van der Waals surface area contributed by atoms with Gasteiger partial charge in [0.2, 0.25) is 0 Å². The van der Waals surface area contributed by atoms with Crippen molar-refractivity contribution >= 4 is 33.3 Å². The Hall–Kier alpha value is -2.66. The fourth-order valence-electron chi connectivity index (χ4n) is 3.91. The minimum absolute atomic E-state index is 0.298. The first-order valence-electron chi connectivity index (χ1n) is 9.67. The van der Waals surface area contributed by atoms with Crippen molar-refractivity contribution in [3.8, 4) is 0 Å². The van der Waals surface area contributed by atoms with E-state index in [1.54, 1.807) is 6.20 Å². The van der Waals surface area contributed by atoms with E-state index >= 15 is 0 Å². The SMILES string of the molecule is CCOC(=O)c1cnc2c(ccc3ccccc32)c1N1CCN(CC)CC1. The number of fused-ring (bicyclic) bond motifs is 3. The molecule has 0 N–H and O–H groups in total. The van der Waals surface area contributed by atoms with Gasteiger partial charge < -0.3 is 14.5 Å².